The second kappa shape index (κ2) is 5.74. The van der Waals surface area contributed by atoms with Crippen molar-refractivity contribution in [1.82, 2.24) is 14.8 Å². The van der Waals surface area contributed by atoms with E-state index in [0.717, 1.165) is 5.56 Å². The molecule has 1 heterocycles. The number of aromatic amines is 1. The van der Waals surface area contributed by atoms with Gasteiger partial charge in [0.25, 0.3) is 0 Å². The smallest absolute Gasteiger partial charge is 0.339 e. The van der Waals surface area contributed by atoms with Gasteiger partial charge in [0.15, 0.2) is 5.16 Å². The average Bonchev–Trinajstić information content (AvgIpc) is 2.41. The van der Waals surface area contributed by atoms with E-state index in [1.165, 1.54) is 16.4 Å². The molecule has 2 rings (SSSR count). The summed E-state index contributed by atoms with van der Waals surface area (Å²) in [5.41, 5.74) is 5.48. The molecule has 4 N–H and O–H groups in total. The number of nitrogens with one attached hydrogen (secondary N) is 2. The molecule has 20 heavy (non-hydrogen) atoms. The summed E-state index contributed by atoms with van der Waals surface area (Å²) in [6.45, 7) is 0. The van der Waals surface area contributed by atoms with Gasteiger partial charge in [0.05, 0.1) is 0 Å². The van der Waals surface area contributed by atoms with E-state index in [4.69, 9.17) is 11.1 Å². The van der Waals surface area contributed by atoms with Crippen LogP contribution in [0.15, 0.2) is 39.0 Å². The fourth-order valence-electron chi connectivity index (χ4n) is 1.57. The molecule has 0 aliphatic rings. The first-order valence-electron chi connectivity index (χ1n) is 5.71. The van der Waals surface area contributed by atoms with Gasteiger partial charge in [0, 0.05) is 18.4 Å². The molecular formula is C12H13N5O2S. The van der Waals surface area contributed by atoms with Gasteiger partial charge in [0.1, 0.15) is 5.84 Å². The summed E-state index contributed by atoms with van der Waals surface area (Å²) < 4.78 is 1.41. The second-order valence-electron chi connectivity index (χ2n) is 4.10. The van der Waals surface area contributed by atoms with Crippen LogP contribution in [0, 0.1) is 5.41 Å². The van der Waals surface area contributed by atoms with E-state index in [0.29, 0.717) is 16.5 Å². The summed E-state index contributed by atoms with van der Waals surface area (Å²) in [6, 6.07) is 7.26. The van der Waals surface area contributed by atoms with Crippen molar-refractivity contribution in [3.63, 3.8) is 0 Å². The van der Waals surface area contributed by atoms with Crippen molar-refractivity contribution in [3.8, 4) is 0 Å². The van der Waals surface area contributed by atoms with Crippen LogP contribution >= 0.6 is 11.8 Å². The predicted molar refractivity (Wildman–Crippen MR) is 77.1 cm³/mol. The number of nitrogens with zero attached hydrogens (tertiary/aromatic N) is 2. The summed E-state index contributed by atoms with van der Waals surface area (Å²) in [7, 11) is 1.61. The van der Waals surface area contributed by atoms with Crippen molar-refractivity contribution in [2.24, 2.45) is 12.8 Å². The monoisotopic (exact) mass is 291 g/mol. The summed E-state index contributed by atoms with van der Waals surface area (Å²) in [5, 5.41) is 10.2. The molecule has 0 radical (unpaired) electrons. The number of rotatable bonds is 4. The fraction of sp³-hybridized carbons (Fsp3) is 0.167. The van der Waals surface area contributed by atoms with Crippen LogP contribution in [0.2, 0.25) is 0 Å². The Labute approximate surface area is 118 Å². The summed E-state index contributed by atoms with van der Waals surface area (Å²) in [6.07, 6.45) is 0. The standard InChI is InChI=1S/C12H13N5O2S/c1-17-12(15-10(18)11(19)16-17)20-6-7-3-2-4-8(5-7)9(13)14/h2-5H,6H2,1H3,(H3,13,14)(H,16,19). The largest absolute Gasteiger partial charge is 0.384 e. The third-order valence-electron chi connectivity index (χ3n) is 2.55. The molecular weight excluding hydrogens is 278 g/mol. The number of thioether (sulfide) groups is 1. The predicted octanol–water partition coefficient (Wildman–Crippen LogP) is 0.0450. The maximum Gasteiger partial charge on any atom is 0.339 e. The van der Waals surface area contributed by atoms with Crippen LogP contribution in [0.5, 0.6) is 0 Å². The molecule has 0 bridgehead atoms. The molecule has 0 saturated carbocycles. The van der Waals surface area contributed by atoms with Crippen LogP contribution < -0.4 is 16.9 Å². The Morgan fingerprint density at radius 2 is 2.25 bits per heavy atom. The normalized spacial score (nSPS) is 10.4. The van der Waals surface area contributed by atoms with Crippen molar-refractivity contribution in [2.75, 3.05) is 0 Å². The van der Waals surface area contributed by atoms with E-state index in [-0.39, 0.29) is 5.84 Å². The minimum absolute atomic E-state index is 0.00594. The zero-order valence-electron chi connectivity index (χ0n) is 10.7. The minimum Gasteiger partial charge on any atom is -0.384 e. The van der Waals surface area contributed by atoms with Crippen molar-refractivity contribution < 1.29 is 0 Å². The highest BCUT2D eigenvalue weighted by molar-refractivity contribution is 7.98. The molecule has 0 amide bonds. The lowest BCUT2D eigenvalue weighted by molar-refractivity contribution is 0.596. The maximum atomic E-state index is 11.2. The first kappa shape index (κ1) is 14.1. The molecule has 0 aliphatic heterocycles. The van der Waals surface area contributed by atoms with Crippen molar-refractivity contribution >= 4 is 17.6 Å². The maximum absolute atomic E-state index is 11.2. The van der Waals surface area contributed by atoms with Crippen LogP contribution in [-0.2, 0) is 12.8 Å². The van der Waals surface area contributed by atoms with Gasteiger partial charge in [-0.05, 0) is 11.6 Å². The number of benzene rings is 1. The highest BCUT2D eigenvalue weighted by atomic mass is 32.2. The molecule has 0 spiro atoms. The van der Waals surface area contributed by atoms with Crippen LogP contribution in [0.4, 0.5) is 0 Å². The Bertz CT molecular complexity index is 765. The Hall–Kier alpha value is -2.35. The number of nitrogen functional groups attached to an aromatic ring is 1. The van der Waals surface area contributed by atoms with E-state index >= 15 is 0 Å². The van der Waals surface area contributed by atoms with Gasteiger partial charge in [-0.2, -0.15) is 4.98 Å². The van der Waals surface area contributed by atoms with Gasteiger partial charge < -0.3 is 5.73 Å². The summed E-state index contributed by atoms with van der Waals surface area (Å²) >= 11 is 1.31. The highest BCUT2D eigenvalue weighted by Gasteiger charge is 2.06. The molecule has 0 unspecified atom stereocenters. The van der Waals surface area contributed by atoms with Crippen molar-refractivity contribution in [1.29, 1.82) is 5.41 Å². The molecule has 0 atom stereocenters. The molecule has 0 saturated heterocycles. The second-order valence-corrected chi connectivity index (χ2v) is 5.04. The van der Waals surface area contributed by atoms with Gasteiger partial charge in [-0.15, -0.1) is 0 Å². The average molecular weight is 291 g/mol. The highest BCUT2D eigenvalue weighted by Crippen LogP contribution is 2.19. The van der Waals surface area contributed by atoms with E-state index in [1.54, 1.807) is 19.2 Å². The minimum atomic E-state index is -0.803. The first-order chi connectivity index (χ1) is 9.47. The summed E-state index contributed by atoms with van der Waals surface area (Å²) in [5.74, 6) is 0.555. The Morgan fingerprint density at radius 3 is 2.95 bits per heavy atom. The molecule has 0 aliphatic carbocycles. The van der Waals surface area contributed by atoms with Crippen LogP contribution in [0.3, 0.4) is 0 Å². The Kier molecular flexibility index (Phi) is 4.04. The molecule has 8 heteroatoms. The van der Waals surface area contributed by atoms with Gasteiger partial charge in [0.2, 0.25) is 0 Å². The van der Waals surface area contributed by atoms with Crippen LogP contribution in [0.1, 0.15) is 11.1 Å². The Morgan fingerprint density at radius 1 is 1.50 bits per heavy atom. The van der Waals surface area contributed by atoms with Gasteiger partial charge >= 0.3 is 11.1 Å². The zero-order valence-corrected chi connectivity index (χ0v) is 11.5. The topological polar surface area (TPSA) is 118 Å². The number of amidine groups is 1. The van der Waals surface area contributed by atoms with Crippen LogP contribution in [0.25, 0.3) is 0 Å². The lowest BCUT2D eigenvalue weighted by Crippen LogP contribution is -2.33. The lowest BCUT2D eigenvalue weighted by Gasteiger charge is -2.06. The fourth-order valence-corrected chi connectivity index (χ4v) is 2.43. The zero-order chi connectivity index (χ0) is 14.7. The molecule has 1 aromatic carbocycles. The van der Waals surface area contributed by atoms with E-state index in [2.05, 4.69) is 10.1 Å². The number of aromatic nitrogens is 3. The first-order valence-corrected chi connectivity index (χ1v) is 6.69. The molecule has 2 aromatic rings. The van der Waals surface area contributed by atoms with Gasteiger partial charge in [-0.3, -0.25) is 24.8 Å². The van der Waals surface area contributed by atoms with Crippen molar-refractivity contribution in [2.45, 2.75) is 10.9 Å². The SMILES string of the molecule is Cn1[nH]c(=O)c(=O)nc1SCc1cccc(C(=N)N)c1. The molecule has 7 nitrogen and oxygen atoms in total. The quantitative estimate of drug-likeness (QED) is 0.318. The number of H-pyrrole nitrogens is 1. The number of hydrogen-bond acceptors (Lipinski definition) is 5. The number of aryl methyl sites for hydroxylation is 1. The van der Waals surface area contributed by atoms with E-state index in [1.807, 2.05) is 12.1 Å². The third-order valence-corrected chi connectivity index (χ3v) is 3.65. The molecule has 104 valence electrons. The van der Waals surface area contributed by atoms with E-state index < -0.39 is 11.1 Å². The number of nitrogens with two attached hydrogens (primary N) is 1. The third kappa shape index (κ3) is 3.15. The molecule has 1 aromatic heterocycles. The van der Waals surface area contributed by atoms with Crippen LogP contribution in [-0.4, -0.2) is 20.6 Å². The van der Waals surface area contributed by atoms with E-state index in [9.17, 15) is 9.59 Å². The van der Waals surface area contributed by atoms with Crippen molar-refractivity contribution in [3.05, 3.63) is 56.1 Å². The number of hydrogen-bond donors (Lipinski definition) is 3. The lowest BCUT2D eigenvalue weighted by atomic mass is 10.1. The molecule has 0 fully saturated rings. The summed E-state index contributed by atoms with van der Waals surface area (Å²) in [4.78, 5) is 26.0. The Balaban J connectivity index is 2.19. The van der Waals surface area contributed by atoms with Gasteiger partial charge in [-0.25, -0.2) is 0 Å². The van der Waals surface area contributed by atoms with Gasteiger partial charge in [-0.1, -0.05) is 30.0 Å².